The first-order valence-corrected chi connectivity index (χ1v) is 9.66. The van der Waals surface area contributed by atoms with Gasteiger partial charge in [0.1, 0.15) is 0 Å². The summed E-state index contributed by atoms with van der Waals surface area (Å²) in [6, 6.07) is 2.11. The standard InChI is InChI=1S/C18H25NO3S/c1-2-22-16-11-15(20)18(16)6-8-19(9-7-18)17(21)14-10-12-4-3-5-13(12)23-14/h10,15-16,20H,2-9,11H2,1H3/t15-,16-/m1/s1. The number of carbonyl (C=O) groups is 1. The number of fused-ring (bicyclic) bond motifs is 1. The highest BCUT2D eigenvalue weighted by molar-refractivity contribution is 7.14. The lowest BCUT2D eigenvalue weighted by Gasteiger charge is -2.56. The van der Waals surface area contributed by atoms with Crippen molar-refractivity contribution < 1.29 is 14.6 Å². The third kappa shape index (κ3) is 2.44. The zero-order chi connectivity index (χ0) is 16.0. The van der Waals surface area contributed by atoms with Crippen molar-refractivity contribution in [1.82, 2.24) is 4.90 Å². The highest BCUT2D eigenvalue weighted by atomic mass is 32.1. The molecule has 1 aliphatic heterocycles. The molecule has 23 heavy (non-hydrogen) atoms. The van der Waals surface area contributed by atoms with Crippen molar-refractivity contribution in [2.24, 2.45) is 5.41 Å². The van der Waals surface area contributed by atoms with Crippen LogP contribution in [0.25, 0.3) is 0 Å². The van der Waals surface area contributed by atoms with E-state index in [-0.39, 0.29) is 23.5 Å². The Labute approximate surface area is 141 Å². The third-order valence-corrected chi connectivity index (χ3v) is 7.27. The molecule has 1 N–H and O–H groups in total. The number of carbonyl (C=O) groups excluding carboxylic acids is 1. The molecule has 126 valence electrons. The summed E-state index contributed by atoms with van der Waals surface area (Å²) in [7, 11) is 0. The lowest BCUT2D eigenvalue weighted by Crippen LogP contribution is -2.62. The number of likely N-dealkylation sites (tertiary alicyclic amines) is 1. The molecule has 1 amide bonds. The summed E-state index contributed by atoms with van der Waals surface area (Å²) < 4.78 is 5.80. The van der Waals surface area contributed by atoms with Gasteiger partial charge in [0.05, 0.1) is 17.1 Å². The summed E-state index contributed by atoms with van der Waals surface area (Å²) in [5, 5.41) is 10.3. The summed E-state index contributed by atoms with van der Waals surface area (Å²) >= 11 is 1.69. The Kier molecular flexibility index (Phi) is 3.98. The maximum atomic E-state index is 12.8. The molecular formula is C18H25NO3S. The molecule has 2 atom stereocenters. The van der Waals surface area contributed by atoms with Crippen molar-refractivity contribution in [3.05, 3.63) is 21.4 Å². The number of aliphatic hydroxyl groups excluding tert-OH is 1. The third-order valence-electron chi connectivity index (χ3n) is 6.05. The number of amides is 1. The molecular weight excluding hydrogens is 310 g/mol. The number of piperidine rings is 1. The summed E-state index contributed by atoms with van der Waals surface area (Å²) in [6.07, 6.45) is 5.87. The first-order chi connectivity index (χ1) is 11.1. The maximum absolute atomic E-state index is 12.8. The molecule has 5 heteroatoms. The Balaban J connectivity index is 1.42. The van der Waals surface area contributed by atoms with E-state index < -0.39 is 0 Å². The van der Waals surface area contributed by atoms with Gasteiger partial charge in [0.15, 0.2) is 0 Å². The summed E-state index contributed by atoms with van der Waals surface area (Å²) in [4.78, 5) is 17.0. The molecule has 0 radical (unpaired) electrons. The Bertz CT molecular complexity index is 580. The van der Waals surface area contributed by atoms with E-state index >= 15 is 0 Å². The summed E-state index contributed by atoms with van der Waals surface area (Å²) in [5.41, 5.74) is 1.28. The molecule has 0 aromatic carbocycles. The van der Waals surface area contributed by atoms with Crippen LogP contribution in [0.4, 0.5) is 0 Å². The zero-order valence-electron chi connectivity index (χ0n) is 13.7. The number of ether oxygens (including phenoxy) is 1. The molecule has 4 rings (SSSR count). The van der Waals surface area contributed by atoms with Gasteiger partial charge in [-0.25, -0.2) is 0 Å². The van der Waals surface area contributed by atoms with Crippen LogP contribution in [0.5, 0.6) is 0 Å². The second-order valence-electron chi connectivity index (χ2n) is 7.13. The Morgan fingerprint density at radius 1 is 1.43 bits per heavy atom. The first kappa shape index (κ1) is 15.6. The highest BCUT2D eigenvalue weighted by Crippen LogP contribution is 2.51. The van der Waals surface area contributed by atoms with Crippen molar-refractivity contribution in [2.75, 3.05) is 19.7 Å². The minimum atomic E-state index is -0.262. The second kappa shape index (κ2) is 5.87. The number of hydrogen-bond donors (Lipinski definition) is 1. The summed E-state index contributed by atoms with van der Waals surface area (Å²) in [5.74, 6) is 0.182. The smallest absolute Gasteiger partial charge is 0.263 e. The molecule has 3 aliphatic rings. The van der Waals surface area contributed by atoms with E-state index in [4.69, 9.17) is 4.74 Å². The molecule has 0 unspecified atom stereocenters. The van der Waals surface area contributed by atoms with Gasteiger partial charge in [0.2, 0.25) is 0 Å². The minimum Gasteiger partial charge on any atom is -0.392 e. The maximum Gasteiger partial charge on any atom is 0.263 e. The minimum absolute atomic E-state index is 0.107. The lowest BCUT2D eigenvalue weighted by molar-refractivity contribution is -0.207. The Morgan fingerprint density at radius 2 is 2.22 bits per heavy atom. The number of aryl methyl sites for hydroxylation is 2. The van der Waals surface area contributed by atoms with Crippen LogP contribution in [-0.2, 0) is 17.6 Å². The van der Waals surface area contributed by atoms with Gasteiger partial charge in [-0.3, -0.25) is 4.79 Å². The molecule has 1 spiro atoms. The number of aliphatic hydroxyl groups is 1. The molecule has 0 bridgehead atoms. The normalized spacial score (nSPS) is 28.7. The van der Waals surface area contributed by atoms with Crippen LogP contribution in [0, 0.1) is 5.41 Å². The van der Waals surface area contributed by atoms with Crippen LogP contribution in [-0.4, -0.2) is 47.8 Å². The monoisotopic (exact) mass is 335 g/mol. The Morgan fingerprint density at radius 3 is 2.87 bits per heavy atom. The molecule has 1 aromatic rings. The molecule has 1 saturated heterocycles. The number of hydrogen-bond acceptors (Lipinski definition) is 4. The first-order valence-electron chi connectivity index (χ1n) is 8.84. The van der Waals surface area contributed by atoms with Crippen molar-refractivity contribution >= 4 is 17.2 Å². The fourth-order valence-electron chi connectivity index (χ4n) is 4.53. The van der Waals surface area contributed by atoms with Crippen LogP contribution in [0.15, 0.2) is 6.07 Å². The fraction of sp³-hybridized carbons (Fsp3) is 0.722. The van der Waals surface area contributed by atoms with Gasteiger partial charge >= 0.3 is 0 Å². The van der Waals surface area contributed by atoms with Gasteiger partial charge < -0.3 is 14.7 Å². The van der Waals surface area contributed by atoms with Crippen molar-refractivity contribution in [3.8, 4) is 0 Å². The van der Waals surface area contributed by atoms with E-state index in [1.807, 2.05) is 11.8 Å². The van der Waals surface area contributed by atoms with Gasteiger partial charge in [-0.05, 0) is 50.7 Å². The van der Waals surface area contributed by atoms with Crippen LogP contribution in [0.2, 0.25) is 0 Å². The molecule has 1 aromatic heterocycles. The SMILES string of the molecule is CCO[C@@H]1C[C@@H](O)C12CCN(C(=O)c1cc3c(s1)CCC3)CC2. The van der Waals surface area contributed by atoms with Crippen molar-refractivity contribution in [1.29, 1.82) is 0 Å². The number of thiophene rings is 1. The van der Waals surface area contributed by atoms with Gasteiger partial charge in [-0.15, -0.1) is 11.3 Å². The molecule has 2 aliphatic carbocycles. The molecule has 4 nitrogen and oxygen atoms in total. The van der Waals surface area contributed by atoms with Crippen LogP contribution in [0.3, 0.4) is 0 Å². The summed E-state index contributed by atoms with van der Waals surface area (Å²) in [6.45, 7) is 4.18. The van der Waals surface area contributed by atoms with E-state index in [2.05, 4.69) is 6.07 Å². The largest absolute Gasteiger partial charge is 0.392 e. The van der Waals surface area contributed by atoms with Crippen LogP contribution >= 0.6 is 11.3 Å². The van der Waals surface area contributed by atoms with E-state index in [1.54, 1.807) is 11.3 Å². The average Bonchev–Trinajstić information content (AvgIpc) is 3.16. The number of rotatable bonds is 3. The van der Waals surface area contributed by atoms with E-state index in [0.717, 1.165) is 50.1 Å². The zero-order valence-corrected chi connectivity index (χ0v) is 14.5. The lowest BCUT2D eigenvalue weighted by atomic mass is 9.58. The Hall–Kier alpha value is -0.910. The van der Waals surface area contributed by atoms with Gasteiger partial charge in [0, 0.05) is 36.4 Å². The molecule has 2 fully saturated rings. The number of nitrogens with zero attached hydrogens (tertiary/aromatic N) is 1. The van der Waals surface area contributed by atoms with Crippen molar-refractivity contribution in [2.45, 2.75) is 57.7 Å². The quantitative estimate of drug-likeness (QED) is 0.924. The van der Waals surface area contributed by atoms with E-state index in [1.165, 1.54) is 16.9 Å². The van der Waals surface area contributed by atoms with E-state index in [0.29, 0.717) is 6.61 Å². The van der Waals surface area contributed by atoms with Crippen LogP contribution in [0.1, 0.15) is 52.7 Å². The predicted octanol–water partition coefficient (Wildman–Crippen LogP) is 2.63. The van der Waals surface area contributed by atoms with Crippen LogP contribution < -0.4 is 0 Å². The molecule has 1 saturated carbocycles. The molecule has 2 heterocycles. The average molecular weight is 335 g/mol. The van der Waals surface area contributed by atoms with Gasteiger partial charge in [-0.1, -0.05) is 0 Å². The van der Waals surface area contributed by atoms with Crippen molar-refractivity contribution in [3.63, 3.8) is 0 Å². The topological polar surface area (TPSA) is 49.8 Å². The second-order valence-corrected chi connectivity index (χ2v) is 8.27. The van der Waals surface area contributed by atoms with E-state index in [9.17, 15) is 9.90 Å². The van der Waals surface area contributed by atoms with Gasteiger partial charge in [-0.2, -0.15) is 0 Å². The highest BCUT2D eigenvalue weighted by Gasteiger charge is 2.56. The fourth-order valence-corrected chi connectivity index (χ4v) is 5.75. The predicted molar refractivity (Wildman–Crippen MR) is 90.0 cm³/mol. The van der Waals surface area contributed by atoms with Gasteiger partial charge in [0.25, 0.3) is 5.91 Å².